The highest BCUT2D eigenvalue weighted by molar-refractivity contribution is 6.09. The number of likely N-dealkylation sites (tertiary alicyclic amines) is 1. The number of phenolic OH excluding ortho intramolecular Hbond substituents is 1. The first-order valence-electron chi connectivity index (χ1n) is 8.43. The molecule has 2 fully saturated rings. The van der Waals surface area contributed by atoms with Gasteiger partial charge < -0.3 is 19.6 Å². The Bertz CT molecular complexity index is 856. The van der Waals surface area contributed by atoms with Crippen LogP contribution >= 0.6 is 0 Å². The number of ether oxygens (including phenoxy) is 1. The van der Waals surface area contributed by atoms with Gasteiger partial charge in [0.15, 0.2) is 0 Å². The molecule has 2 amide bonds. The van der Waals surface area contributed by atoms with Gasteiger partial charge >= 0.3 is 6.09 Å². The number of hydrogen-bond acceptors (Lipinski definition) is 4. The fourth-order valence-electron chi connectivity index (χ4n) is 3.81. The zero-order valence-electron chi connectivity index (χ0n) is 14.1. The Kier molecular flexibility index (Phi) is 3.56. The summed E-state index contributed by atoms with van der Waals surface area (Å²) < 4.78 is 5.53. The predicted octanol–water partition coefficient (Wildman–Crippen LogP) is 2.60. The maximum Gasteiger partial charge on any atom is 0.410 e. The first-order valence-corrected chi connectivity index (χ1v) is 8.43. The second kappa shape index (κ2) is 5.65. The quantitative estimate of drug-likeness (QED) is 0.866. The van der Waals surface area contributed by atoms with Crippen molar-refractivity contribution in [1.29, 1.82) is 0 Å². The Hall–Kier alpha value is -2.76. The number of carbonyl (C=O) groups is 2. The monoisotopic (exact) mass is 340 g/mol. The van der Waals surface area contributed by atoms with E-state index in [0.29, 0.717) is 38.0 Å². The summed E-state index contributed by atoms with van der Waals surface area (Å²) in [5.74, 6) is -0.183. The Balaban J connectivity index is 1.58. The molecule has 1 spiro atoms. The largest absolute Gasteiger partial charge is 0.507 e. The first-order chi connectivity index (χ1) is 12.0. The summed E-state index contributed by atoms with van der Waals surface area (Å²) in [5, 5.41) is 11.9. The fraction of sp³-hybridized carbons (Fsp3) is 0.368. The lowest BCUT2D eigenvalue weighted by Gasteiger charge is -2.37. The van der Waals surface area contributed by atoms with E-state index in [4.69, 9.17) is 4.74 Å². The minimum Gasteiger partial charge on any atom is -0.507 e. The van der Waals surface area contributed by atoms with Gasteiger partial charge in [-0.05, 0) is 16.8 Å². The van der Waals surface area contributed by atoms with Crippen LogP contribution in [0.1, 0.15) is 23.2 Å². The van der Waals surface area contributed by atoms with Crippen molar-refractivity contribution in [1.82, 2.24) is 9.80 Å². The number of nitrogens with zero attached hydrogens (tertiary/aromatic N) is 2. The van der Waals surface area contributed by atoms with Crippen LogP contribution in [-0.4, -0.2) is 59.2 Å². The van der Waals surface area contributed by atoms with Crippen molar-refractivity contribution < 1.29 is 19.4 Å². The number of likely N-dealkylation sites (N-methyl/N-ethyl adjacent to an activating group) is 1. The van der Waals surface area contributed by atoms with Gasteiger partial charge in [0.25, 0.3) is 5.91 Å². The molecule has 6 nitrogen and oxygen atoms in total. The van der Waals surface area contributed by atoms with Gasteiger partial charge in [-0.1, -0.05) is 30.3 Å². The number of piperidine rings is 1. The minimum atomic E-state index is -0.483. The molecule has 0 unspecified atom stereocenters. The lowest BCUT2D eigenvalue weighted by molar-refractivity contribution is 0.00318. The standard InChI is InChI=1S/C19H20N2O4/c1-20-12-19(25-18(20)24)8-10-21(11-9-19)17(23)16-14-5-3-2-4-13(14)6-7-15(16)22/h2-7,22H,8-12H2,1H3. The van der Waals surface area contributed by atoms with Gasteiger partial charge in [-0.2, -0.15) is 0 Å². The van der Waals surface area contributed by atoms with Crippen LogP contribution < -0.4 is 0 Å². The molecule has 6 heteroatoms. The Labute approximate surface area is 145 Å². The second-order valence-electron chi connectivity index (χ2n) is 6.88. The molecule has 2 aromatic carbocycles. The molecule has 2 aromatic rings. The molecule has 0 aliphatic carbocycles. The van der Waals surface area contributed by atoms with Crippen LogP contribution in [-0.2, 0) is 4.74 Å². The second-order valence-corrected chi connectivity index (χ2v) is 6.88. The summed E-state index contributed by atoms with van der Waals surface area (Å²) in [4.78, 5) is 28.0. The van der Waals surface area contributed by atoms with E-state index in [1.807, 2.05) is 24.3 Å². The van der Waals surface area contributed by atoms with Crippen molar-refractivity contribution >= 4 is 22.8 Å². The lowest BCUT2D eigenvalue weighted by Crippen LogP contribution is -2.48. The third kappa shape index (κ3) is 2.58. The van der Waals surface area contributed by atoms with Crippen LogP contribution in [0, 0.1) is 0 Å². The summed E-state index contributed by atoms with van der Waals surface area (Å²) in [5.41, 5.74) is -0.141. The van der Waals surface area contributed by atoms with E-state index >= 15 is 0 Å². The van der Waals surface area contributed by atoms with Crippen LogP contribution in [0.2, 0.25) is 0 Å². The Morgan fingerprint density at radius 1 is 1.16 bits per heavy atom. The molecule has 0 atom stereocenters. The van der Waals surface area contributed by atoms with Crippen LogP contribution in [0.3, 0.4) is 0 Å². The Morgan fingerprint density at radius 2 is 1.88 bits per heavy atom. The maximum absolute atomic E-state index is 13.0. The van der Waals surface area contributed by atoms with Gasteiger partial charge in [0.05, 0.1) is 12.1 Å². The van der Waals surface area contributed by atoms with Gasteiger partial charge in [-0.3, -0.25) is 4.79 Å². The minimum absolute atomic E-state index is 0.00369. The average Bonchev–Trinajstić information content (AvgIpc) is 2.88. The number of amides is 2. The zero-order valence-corrected chi connectivity index (χ0v) is 14.1. The predicted molar refractivity (Wildman–Crippen MR) is 92.6 cm³/mol. The summed E-state index contributed by atoms with van der Waals surface area (Å²) in [6.07, 6.45) is 0.923. The van der Waals surface area contributed by atoms with Crippen molar-refractivity contribution in [2.45, 2.75) is 18.4 Å². The molecule has 2 aliphatic heterocycles. The van der Waals surface area contributed by atoms with Gasteiger partial charge in [-0.25, -0.2) is 4.79 Å². The normalized spacial score (nSPS) is 19.5. The smallest absolute Gasteiger partial charge is 0.410 e. The van der Waals surface area contributed by atoms with Crippen molar-refractivity contribution in [2.75, 3.05) is 26.7 Å². The highest BCUT2D eigenvalue weighted by atomic mass is 16.6. The summed E-state index contributed by atoms with van der Waals surface area (Å²) in [6, 6.07) is 10.9. The van der Waals surface area contributed by atoms with Crippen LogP contribution in [0.25, 0.3) is 10.8 Å². The van der Waals surface area contributed by atoms with Crippen molar-refractivity contribution in [2.24, 2.45) is 0 Å². The fourth-order valence-corrected chi connectivity index (χ4v) is 3.81. The number of rotatable bonds is 1. The Morgan fingerprint density at radius 3 is 2.56 bits per heavy atom. The number of phenols is 1. The van der Waals surface area contributed by atoms with Crippen molar-refractivity contribution in [3.63, 3.8) is 0 Å². The highest BCUT2D eigenvalue weighted by Gasteiger charge is 2.46. The van der Waals surface area contributed by atoms with Crippen molar-refractivity contribution in [3.8, 4) is 5.75 Å². The first kappa shape index (κ1) is 15.7. The molecule has 0 bridgehead atoms. The topological polar surface area (TPSA) is 70.1 Å². The van der Waals surface area contributed by atoms with E-state index in [-0.39, 0.29) is 17.7 Å². The van der Waals surface area contributed by atoms with Gasteiger partial charge in [-0.15, -0.1) is 0 Å². The number of fused-ring (bicyclic) bond motifs is 1. The van der Waals surface area contributed by atoms with E-state index in [0.717, 1.165) is 10.8 Å². The van der Waals surface area contributed by atoms with E-state index in [1.165, 1.54) is 0 Å². The third-order valence-electron chi connectivity index (χ3n) is 5.22. The molecule has 25 heavy (non-hydrogen) atoms. The molecular weight excluding hydrogens is 320 g/mol. The van der Waals surface area contributed by atoms with Gasteiger partial charge in [0.2, 0.25) is 0 Å². The maximum atomic E-state index is 13.0. The molecule has 1 N–H and O–H groups in total. The molecular formula is C19H20N2O4. The SMILES string of the molecule is CN1CC2(CCN(C(=O)c3c(O)ccc4ccccc34)CC2)OC1=O. The number of carbonyl (C=O) groups excluding carboxylic acids is 2. The lowest BCUT2D eigenvalue weighted by atomic mass is 9.90. The van der Waals surface area contributed by atoms with E-state index in [2.05, 4.69) is 0 Å². The molecule has 2 saturated heterocycles. The zero-order chi connectivity index (χ0) is 17.6. The molecule has 0 aromatic heterocycles. The third-order valence-corrected chi connectivity index (χ3v) is 5.22. The molecule has 130 valence electrons. The molecule has 2 aliphatic rings. The van der Waals surface area contributed by atoms with E-state index < -0.39 is 5.60 Å². The molecule has 0 saturated carbocycles. The summed E-state index contributed by atoms with van der Waals surface area (Å²) in [6.45, 7) is 1.57. The number of hydrogen-bond donors (Lipinski definition) is 1. The van der Waals surface area contributed by atoms with Crippen LogP contribution in [0.5, 0.6) is 5.75 Å². The van der Waals surface area contributed by atoms with Crippen molar-refractivity contribution in [3.05, 3.63) is 42.0 Å². The highest BCUT2D eigenvalue weighted by Crippen LogP contribution is 2.34. The average molecular weight is 340 g/mol. The molecule has 0 radical (unpaired) electrons. The summed E-state index contributed by atoms with van der Waals surface area (Å²) >= 11 is 0. The van der Waals surface area contributed by atoms with Gasteiger partial charge in [0.1, 0.15) is 11.4 Å². The number of benzene rings is 2. The number of aromatic hydroxyl groups is 1. The molecule has 2 heterocycles. The van der Waals surface area contributed by atoms with Crippen LogP contribution in [0.4, 0.5) is 4.79 Å². The van der Waals surface area contributed by atoms with E-state index in [9.17, 15) is 14.7 Å². The van der Waals surface area contributed by atoms with Crippen LogP contribution in [0.15, 0.2) is 36.4 Å². The molecule has 4 rings (SSSR count). The summed E-state index contributed by atoms with van der Waals surface area (Å²) in [7, 11) is 1.72. The van der Waals surface area contributed by atoms with E-state index in [1.54, 1.807) is 29.0 Å². The van der Waals surface area contributed by atoms with Gasteiger partial charge in [0, 0.05) is 33.0 Å².